The topological polar surface area (TPSA) is 158 Å². The first-order valence-corrected chi connectivity index (χ1v) is 9.09. The van der Waals surface area contributed by atoms with Crippen LogP contribution in [0.3, 0.4) is 0 Å². The second-order valence-electron chi connectivity index (χ2n) is 5.26. The number of hydrogen-bond donors (Lipinski definition) is 4. The number of nitrogens with two attached hydrogens (primary N) is 1. The van der Waals surface area contributed by atoms with Gasteiger partial charge in [0, 0.05) is 11.1 Å². The molecule has 1 fully saturated rings. The molecular formula is C14H14CsN5O5S2. The van der Waals surface area contributed by atoms with Crippen LogP contribution in [0.5, 0.6) is 0 Å². The number of β-lactam (4-membered cyclic amide) rings is 1. The number of carbonyl (C=O) groups excluding carboxylic acids is 2. The van der Waals surface area contributed by atoms with Crippen molar-refractivity contribution in [1.29, 1.82) is 0 Å². The molecule has 1 aromatic heterocycles. The molecule has 138 valence electrons. The number of nitrogens with zero attached hydrogens (tertiary/aromatic N) is 3. The number of carbonyl (C=O) groups is 3. The average Bonchev–Trinajstić information content (AvgIpc) is 3.04. The number of aromatic nitrogens is 1. The third-order valence-electron chi connectivity index (χ3n) is 3.81. The Morgan fingerprint density at radius 3 is 2.74 bits per heavy atom. The standard InChI is InChI=1S/C14H13N5O5S2.Cs.H/c1-2-5-3-25-12-8(11(21)19(12)9(5)13(22)23)17-10(20)7(18-24)6-4-26-14(15)16-6;;/h2,4,8,12,24H,1,3H2,(H2,15,16)(H,17,20)(H,22,23);;/t8-,12-;;/m1../s1. The van der Waals surface area contributed by atoms with Gasteiger partial charge in [-0.3, -0.25) is 14.5 Å². The number of oxime groups is 1. The van der Waals surface area contributed by atoms with Crippen molar-refractivity contribution in [3.63, 3.8) is 0 Å². The average molecular weight is 529 g/mol. The molecule has 3 rings (SSSR count). The van der Waals surface area contributed by atoms with Gasteiger partial charge in [0.15, 0.2) is 10.8 Å². The maximum absolute atomic E-state index is 12.4. The Hall–Kier alpha value is -0.808. The number of aliphatic carboxylic acids is 1. The summed E-state index contributed by atoms with van der Waals surface area (Å²) >= 11 is 2.37. The van der Waals surface area contributed by atoms with Gasteiger partial charge < -0.3 is 21.4 Å². The molecule has 0 radical (unpaired) electrons. The molecule has 0 unspecified atom stereocenters. The summed E-state index contributed by atoms with van der Waals surface area (Å²) < 4.78 is 0. The van der Waals surface area contributed by atoms with Crippen LogP contribution in [0.15, 0.2) is 34.5 Å². The first kappa shape index (κ1) is 22.5. The fourth-order valence-electron chi connectivity index (χ4n) is 2.62. The summed E-state index contributed by atoms with van der Waals surface area (Å²) in [6, 6.07) is -0.944. The van der Waals surface area contributed by atoms with Gasteiger partial charge in [0.1, 0.15) is 22.8 Å². The zero-order chi connectivity index (χ0) is 19.0. The van der Waals surface area contributed by atoms with Crippen molar-refractivity contribution in [1.82, 2.24) is 15.2 Å². The monoisotopic (exact) mass is 529 g/mol. The van der Waals surface area contributed by atoms with Crippen LogP contribution in [0.1, 0.15) is 5.69 Å². The predicted molar refractivity (Wildman–Crippen MR) is 102 cm³/mol. The van der Waals surface area contributed by atoms with Crippen LogP contribution in [0.4, 0.5) is 5.13 Å². The third kappa shape index (κ3) is 4.14. The molecule has 1 aromatic rings. The van der Waals surface area contributed by atoms with Crippen LogP contribution in [0.2, 0.25) is 0 Å². The molecule has 5 N–H and O–H groups in total. The molecule has 3 heterocycles. The molecule has 13 heteroatoms. The molecule has 0 bridgehead atoms. The van der Waals surface area contributed by atoms with Crippen LogP contribution in [0.25, 0.3) is 0 Å². The van der Waals surface area contributed by atoms with Crippen LogP contribution in [-0.2, 0) is 14.4 Å². The van der Waals surface area contributed by atoms with Gasteiger partial charge in [-0.05, 0) is 5.57 Å². The Morgan fingerprint density at radius 2 is 2.22 bits per heavy atom. The predicted octanol–water partition coefficient (Wildman–Crippen LogP) is -0.820. The van der Waals surface area contributed by atoms with Gasteiger partial charge in [0.05, 0.1) is 0 Å². The Balaban J connectivity index is 0.00000261. The van der Waals surface area contributed by atoms with E-state index in [-0.39, 0.29) is 91.1 Å². The number of rotatable bonds is 5. The van der Waals surface area contributed by atoms with Crippen molar-refractivity contribution < 1.29 is 24.7 Å². The molecule has 27 heavy (non-hydrogen) atoms. The van der Waals surface area contributed by atoms with Crippen molar-refractivity contribution in [2.45, 2.75) is 11.4 Å². The zero-order valence-electron chi connectivity index (χ0n) is 13.1. The molecule has 0 aromatic carbocycles. The molecule has 2 atom stereocenters. The Kier molecular flexibility index (Phi) is 7.60. The number of anilines is 1. The fourth-order valence-corrected chi connectivity index (χ4v) is 4.51. The quantitative estimate of drug-likeness (QED) is 0.167. The van der Waals surface area contributed by atoms with Crippen LogP contribution in [-0.4, -0.2) is 130 Å². The number of nitrogen functional groups attached to an aromatic ring is 1. The van der Waals surface area contributed by atoms with E-state index < -0.39 is 29.2 Å². The Bertz CT molecular complexity index is 883. The second-order valence-corrected chi connectivity index (χ2v) is 7.26. The molecule has 2 amide bonds. The number of thioether (sulfide) groups is 1. The van der Waals surface area contributed by atoms with Crippen LogP contribution in [0, 0.1) is 0 Å². The minimum atomic E-state index is -1.24. The van der Waals surface area contributed by atoms with Gasteiger partial charge in [-0.2, -0.15) is 0 Å². The molecular weight excluding hydrogens is 515 g/mol. The number of hydrogen-bond acceptors (Lipinski definition) is 9. The Morgan fingerprint density at radius 1 is 1.52 bits per heavy atom. The van der Waals surface area contributed by atoms with Gasteiger partial charge in [-0.25, -0.2) is 9.78 Å². The van der Waals surface area contributed by atoms with Crippen molar-refractivity contribution in [3.8, 4) is 0 Å². The molecule has 10 nitrogen and oxygen atoms in total. The van der Waals surface area contributed by atoms with Gasteiger partial charge in [-0.15, -0.1) is 23.1 Å². The first-order chi connectivity index (χ1) is 12.4. The summed E-state index contributed by atoms with van der Waals surface area (Å²) in [6.07, 6.45) is 1.40. The summed E-state index contributed by atoms with van der Waals surface area (Å²) in [7, 11) is 0. The van der Waals surface area contributed by atoms with Crippen molar-refractivity contribution in [2.75, 3.05) is 11.5 Å². The molecule has 0 aliphatic carbocycles. The van der Waals surface area contributed by atoms with E-state index in [4.69, 9.17) is 10.9 Å². The van der Waals surface area contributed by atoms with Gasteiger partial charge in [-0.1, -0.05) is 17.8 Å². The SMILES string of the molecule is C=CC1=C(C(=O)O)N2C(=O)[C@@H](NC(=O)C(=NO)c3csc(N)n3)[C@H]2SC1.[CsH]. The second kappa shape index (κ2) is 9.13. The van der Waals surface area contributed by atoms with E-state index >= 15 is 0 Å². The van der Waals surface area contributed by atoms with E-state index in [0.717, 1.165) is 16.2 Å². The van der Waals surface area contributed by atoms with E-state index in [0.29, 0.717) is 11.3 Å². The third-order valence-corrected chi connectivity index (χ3v) is 5.79. The summed E-state index contributed by atoms with van der Waals surface area (Å²) in [5, 5.41) is 24.9. The number of carboxylic acid groups (broad SMARTS) is 1. The van der Waals surface area contributed by atoms with Crippen LogP contribution >= 0.6 is 23.1 Å². The van der Waals surface area contributed by atoms with E-state index in [9.17, 15) is 19.5 Å². The number of thiazole rings is 1. The zero-order valence-corrected chi connectivity index (χ0v) is 14.7. The molecule has 2 aliphatic rings. The van der Waals surface area contributed by atoms with E-state index in [1.165, 1.54) is 23.2 Å². The molecule has 0 spiro atoms. The van der Waals surface area contributed by atoms with Gasteiger partial charge >= 0.3 is 74.9 Å². The van der Waals surface area contributed by atoms with E-state index in [1.54, 1.807) is 0 Å². The van der Waals surface area contributed by atoms with E-state index in [1.807, 2.05) is 0 Å². The first-order valence-electron chi connectivity index (χ1n) is 7.16. The minimum absolute atomic E-state index is 0. The summed E-state index contributed by atoms with van der Waals surface area (Å²) in [6.45, 7) is 3.56. The van der Waals surface area contributed by atoms with Gasteiger partial charge in [0.25, 0.3) is 11.8 Å². The van der Waals surface area contributed by atoms with Crippen molar-refractivity contribution in [2.24, 2.45) is 5.16 Å². The number of carboxylic acids is 1. The maximum atomic E-state index is 12.4. The number of fused-ring (bicyclic) bond motifs is 1. The van der Waals surface area contributed by atoms with Crippen LogP contribution < -0.4 is 11.1 Å². The molecule has 1 saturated heterocycles. The summed E-state index contributed by atoms with van der Waals surface area (Å²) in [4.78, 5) is 41.2. The normalized spacial score (nSPS) is 21.7. The molecule has 2 aliphatic heterocycles. The van der Waals surface area contributed by atoms with E-state index in [2.05, 4.69) is 22.0 Å². The summed E-state index contributed by atoms with van der Waals surface area (Å²) in [5.41, 5.74) is 5.49. The fraction of sp³-hybridized carbons (Fsp3) is 0.214. The number of amides is 2. The van der Waals surface area contributed by atoms with Crippen molar-refractivity contribution >= 4 is 121 Å². The summed E-state index contributed by atoms with van der Waals surface area (Å²) in [5.74, 6) is -2.27. The molecule has 0 saturated carbocycles. The van der Waals surface area contributed by atoms with Gasteiger partial charge in [0.2, 0.25) is 0 Å². The Labute approximate surface area is 220 Å². The number of nitrogens with one attached hydrogen (secondary N) is 1. The number of allylic oxidation sites excluding steroid dienone is 1. The van der Waals surface area contributed by atoms with Crippen molar-refractivity contribution in [3.05, 3.63) is 35.0 Å².